The quantitative estimate of drug-likeness (QED) is 0.819. The fourth-order valence-electron chi connectivity index (χ4n) is 2.77. The van der Waals surface area contributed by atoms with Crippen molar-refractivity contribution in [2.45, 2.75) is 19.7 Å². The summed E-state index contributed by atoms with van der Waals surface area (Å²) in [6, 6.07) is 13.7. The predicted molar refractivity (Wildman–Crippen MR) is 107 cm³/mol. The lowest BCUT2D eigenvalue weighted by Crippen LogP contribution is -2.37. The molecule has 27 heavy (non-hydrogen) atoms. The maximum Gasteiger partial charge on any atom is 0.205 e. The van der Waals surface area contributed by atoms with Crippen LogP contribution in [0.1, 0.15) is 11.1 Å². The number of anilines is 1. The van der Waals surface area contributed by atoms with Crippen molar-refractivity contribution in [1.29, 1.82) is 0 Å². The number of aliphatic hydroxyl groups is 1. The number of methoxy groups -OCH3 is 2. The van der Waals surface area contributed by atoms with E-state index >= 15 is 0 Å². The Bertz CT molecular complexity index is 868. The topological polar surface area (TPSA) is 66.3 Å². The zero-order chi connectivity index (χ0) is 19.4. The Kier molecular flexibility index (Phi) is 5.88. The smallest absolute Gasteiger partial charge is 0.205 e. The molecule has 1 aliphatic rings. The van der Waals surface area contributed by atoms with Gasteiger partial charge >= 0.3 is 0 Å². The first kappa shape index (κ1) is 19.1. The third-order valence-electron chi connectivity index (χ3n) is 4.22. The molecule has 0 spiro atoms. The zero-order valence-corrected chi connectivity index (χ0v) is 16.2. The Morgan fingerprint density at radius 1 is 1.15 bits per heavy atom. The van der Waals surface area contributed by atoms with Crippen LogP contribution in [0.5, 0.6) is 11.5 Å². The van der Waals surface area contributed by atoms with E-state index in [1.165, 1.54) is 0 Å². The van der Waals surface area contributed by atoms with Crippen molar-refractivity contribution < 1.29 is 14.6 Å². The van der Waals surface area contributed by atoms with Crippen molar-refractivity contribution >= 4 is 23.2 Å². The molecule has 0 amide bonds. The second-order valence-electron chi connectivity index (χ2n) is 6.10. The van der Waals surface area contributed by atoms with Crippen molar-refractivity contribution in [3.05, 3.63) is 64.8 Å². The molecule has 142 valence electrons. The van der Waals surface area contributed by atoms with Crippen molar-refractivity contribution in [2.24, 2.45) is 4.99 Å². The zero-order valence-electron chi connectivity index (χ0n) is 15.4. The molecular weight excluding hydrogens is 366 g/mol. The Morgan fingerprint density at radius 3 is 2.48 bits per heavy atom. The third kappa shape index (κ3) is 4.35. The molecule has 0 bridgehead atoms. The first-order valence-corrected chi connectivity index (χ1v) is 8.83. The van der Waals surface area contributed by atoms with Gasteiger partial charge in [-0.15, -0.1) is 0 Å². The van der Waals surface area contributed by atoms with Gasteiger partial charge in [0, 0.05) is 18.0 Å². The monoisotopic (exact) mass is 387 g/mol. The number of benzene rings is 2. The average Bonchev–Trinajstić information content (AvgIpc) is 2.67. The van der Waals surface area contributed by atoms with Gasteiger partial charge in [-0.3, -0.25) is 0 Å². The minimum atomic E-state index is -1.10. The van der Waals surface area contributed by atoms with Gasteiger partial charge in [0.2, 0.25) is 5.96 Å². The molecule has 1 atom stereocenters. The molecule has 0 radical (unpaired) electrons. The van der Waals surface area contributed by atoms with E-state index in [1.54, 1.807) is 20.4 Å². The summed E-state index contributed by atoms with van der Waals surface area (Å²) in [7, 11) is 3.18. The van der Waals surface area contributed by atoms with Gasteiger partial charge in [0.25, 0.3) is 0 Å². The van der Waals surface area contributed by atoms with Crippen LogP contribution in [0, 0.1) is 6.92 Å². The van der Waals surface area contributed by atoms with Crippen LogP contribution in [0.3, 0.4) is 0 Å². The first-order valence-electron chi connectivity index (χ1n) is 8.45. The molecule has 7 heteroatoms. The number of nitrogens with one attached hydrogen (secondary N) is 1. The summed E-state index contributed by atoms with van der Waals surface area (Å²) in [5.74, 6) is 1.74. The van der Waals surface area contributed by atoms with Crippen LogP contribution in [0.25, 0.3) is 0 Å². The molecule has 0 aliphatic carbocycles. The van der Waals surface area contributed by atoms with E-state index in [0.29, 0.717) is 24.0 Å². The van der Waals surface area contributed by atoms with Gasteiger partial charge in [-0.2, -0.15) is 0 Å². The number of guanidine groups is 1. The number of nitrogens with zero attached hydrogens (tertiary/aromatic N) is 2. The molecule has 0 saturated heterocycles. The molecular formula is C20H22ClN3O3. The number of aryl methyl sites for hydroxylation is 1. The van der Waals surface area contributed by atoms with Crippen LogP contribution in [0.4, 0.5) is 5.69 Å². The van der Waals surface area contributed by atoms with Crippen LogP contribution in [0.15, 0.2) is 58.7 Å². The third-order valence-corrected chi connectivity index (χ3v) is 4.51. The summed E-state index contributed by atoms with van der Waals surface area (Å²) >= 11 is 6.11. The van der Waals surface area contributed by atoms with Crippen LogP contribution < -0.4 is 14.8 Å². The maximum absolute atomic E-state index is 10.1. The number of halogens is 1. The Labute approximate surface area is 163 Å². The molecule has 1 heterocycles. The van der Waals surface area contributed by atoms with E-state index in [1.807, 2.05) is 54.3 Å². The number of ether oxygens (including phenoxy) is 2. The second kappa shape index (κ2) is 8.33. The minimum Gasteiger partial charge on any atom is -0.493 e. The number of hydrogen-bond donors (Lipinski definition) is 2. The Hall–Kier alpha value is -2.70. The number of rotatable bonds is 5. The van der Waals surface area contributed by atoms with E-state index in [0.717, 1.165) is 16.8 Å². The molecule has 3 rings (SSSR count). The highest BCUT2D eigenvalue weighted by atomic mass is 35.5. The summed E-state index contributed by atoms with van der Waals surface area (Å²) in [5.41, 5.74) is 2.83. The number of aliphatic hydroxyl groups excluding tert-OH is 1. The molecule has 0 fully saturated rings. The lowest BCUT2D eigenvalue weighted by molar-refractivity contribution is 0.220. The van der Waals surface area contributed by atoms with Gasteiger partial charge in [0.15, 0.2) is 17.7 Å². The van der Waals surface area contributed by atoms with Gasteiger partial charge in [0.05, 0.1) is 25.8 Å². The van der Waals surface area contributed by atoms with Crippen molar-refractivity contribution in [3.63, 3.8) is 0 Å². The Balaban J connectivity index is 1.90. The van der Waals surface area contributed by atoms with Gasteiger partial charge in [-0.1, -0.05) is 41.9 Å². The minimum absolute atomic E-state index is 0.264. The van der Waals surface area contributed by atoms with Crippen molar-refractivity contribution in [2.75, 3.05) is 19.5 Å². The summed E-state index contributed by atoms with van der Waals surface area (Å²) < 4.78 is 10.7. The largest absolute Gasteiger partial charge is 0.493 e. The normalized spacial score (nSPS) is 16.5. The predicted octanol–water partition coefficient (Wildman–Crippen LogP) is 3.69. The molecule has 1 aliphatic heterocycles. The van der Waals surface area contributed by atoms with Gasteiger partial charge in [0.1, 0.15) is 0 Å². The second-order valence-corrected chi connectivity index (χ2v) is 6.54. The lowest BCUT2D eigenvalue weighted by Gasteiger charge is -2.29. The average molecular weight is 388 g/mol. The highest BCUT2D eigenvalue weighted by Crippen LogP contribution is 2.33. The van der Waals surface area contributed by atoms with Crippen LogP contribution in [-0.2, 0) is 6.54 Å². The maximum atomic E-state index is 10.1. The van der Waals surface area contributed by atoms with Crippen LogP contribution in [-0.4, -0.2) is 36.4 Å². The standard InChI is InChI=1S/C20H22ClN3O3/c1-13-9-17(26-2)18(27-3)10-16(13)22-20-23-19(25)15(21)12-24(20)11-14-7-5-4-6-8-14/h4-10,12,19,25H,11H2,1-3H3,(H,22,23). The van der Waals surface area contributed by atoms with Crippen LogP contribution in [0.2, 0.25) is 0 Å². The van der Waals surface area contributed by atoms with E-state index in [4.69, 9.17) is 21.1 Å². The van der Waals surface area contributed by atoms with Crippen LogP contribution >= 0.6 is 11.6 Å². The molecule has 0 saturated carbocycles. The Morgan fingerprint density at radius 2 is 1.81 bits per heavy atom. The molecule has 1 unspecified atom stereocenters. The fourth-order valence-corrected chi connectivity index (χ4v) is 2.94. The highest BCUT2D eigenvalue weighted by molar-refractivity contribution is 6.30. The highest BCUT2D eigenvalue weighted by Gasteiger charge is 2.22. The molecule has 2 aromatic rings. The SMILES string of the molecule is COc1cc(C)c(NC2=NC(O)C(Cl)=CN2Cc2ccccc2)cc1OC. The lowest BCUT2D eigenvalue weighted by atomic mass is 10.1. The summed E-state index contributed by atoms with van der Waals surface area (Å²) in [4.78, 5) is 6.15. The van der Waals surface area contributed by atoms with Gasteiger partial charge in [-0.05, 0) is 24.1 Å². The molecule has 2 aromatic carbocycles. The first-order chi connectivity index (χ1) is 13.0. The van der Waals surface area contributed by atoms with Crippen molar-refractivity contribution in [1.82, 2.24) is 4.90 Å². The van der Waals surface area contributed by atoms with Gasteiger partial charge in [-0.25, -0.2) is 4.99 Å². The van der Waals surface area contributed by atoms with E-state index in [-0.39, 0.29) is 5.03 Å². The fraction of sp³-hybridized carbons (Fsp3) is 0.250. The molecule has 0 aromatic heterocycles. The number of aliphatic imine (C=N–C) groups is 1. The van der Waals surface area contributed by atoms with Crippen molar-refractivity contribution in [3.8, 4) is 11.5 Å². The number of hydrogen-bond acceptors (Lipinski definition) is 6. The molecule has 6 nitrogen and oxygen atoms in total. The molecule has 2 N–H and O–H groups in total. The summed E-state index contributed by atoms with van der Waals surface area (Å²) in [6.45, 7) is 2.51. The van der Waals surface area contributed by atoms with Gasteiger partial charge < -0.3 is 24.8 Å². The van der Waals surface area contributed by atoms with E-state index in [2.05, 4.69) is 10.3 Å². The summed E-state index contributed by atoms with van der Waals surface area (Å²) in [6.07, 6.45) is 0.589. The van der Waals surface area contributed by atoms with E-state index in [9.17, 15) is 5.11 Å². The summed E-state index contributed by atoms with van der Waals surface area (Å²) in [5, 5.41) is 13.6. The van der Waals surface area contributed by atoms with E-state index < -0.39 is 6.23 Å².